The summed E-state index contributed by atoms with van der Waals surface area (Å²) in [7, 11) is 0. The van der Waals surface area contributed by atoms with E-state index in [0.717, 1.165) is 25.8 Å². The number of carboxylic acids is 1. The molecule has 0 bridgehead atoms. The Morgan fingerprint density at radius 1 is 1.00 bits per heavy atom. The van der Waals surface area contributed by atoms with E-state index in [1.54, 1.807) is 30.3 Å². The second-order valence-electron chi connectivity index (χ2n) is 6.04. The van der Waals surface area contributed by atoms with Gasteiger partial charge in [-0.2, -0.15) is 0 Å². The first kappa shape index (κ1) is 20.4. The number of benzene rings is 3. The normalized spacial score (nSPS) is 10.5. The number of rotatable bonds is 7. The first-order chi connectivity index (χ1) is 13.4. The van der Waals surface area contributed by atoms with Gasteiger partial charge in [-0.25, -0.2) is 9.18 Å². The van der Waals surface area contributed by atoms with Crippen molar-refractivity contribution < 1.29 is 19.0 Å². The Morgan fingerprint density at radius 3 is 2.32 bits per heavy atom. The van der Waals surface area contributed by atoms with Crippen molar-refractivity contribution in [2.45, 2.75) is 13.2 Å². The second-order valence-corrected chi connectivity index (χ2v) is 7.75. The molecule has 0 aliphatic rings. The summed E-state index contributed by atoms with van der Waals surface area (Å²) in [6.07, 6.45) is 0. The van der Waals surface area contributed by atoms with Crippen LogP contribution in [-0.4, -0.2) is 11.1 Å². The number of nitrogens with one attached hydrogen (secondary N) is 1. The van der Waals surface area contributed by atoms with E-state index in [9.17, 15) is 9.18 Å². The van der Waals surface area contributed by atoms with Crippen LogP contribution < -0.4 is 10.1 Å². The molecule has 0 aliphatic heterocycles. The molecule has 0 radical (unpaired) electrons. The van der Waals surface area contributed by atoms with E-state index in [1.807, 2.05) is 18.2 Å². The van der Waals surface area contributed by atoms with Crippen molar-refractivity contribution in [1.82, 2.24) is 0 Å². The fourth-order valence-electron chi connectivity index (χ4n) is 2.55. The smallest absolute Gasteiger partial charge is 0.335 e. The van der Waals surface area contributed by atoms with Gasteiger partial charge >= 0.3 is 5.97 Å². The Morgan fingerprint density at radius 2 is 1.68 bits per heavy atom. The lowest BCUT2D eigenvalue weighted by Crippen LogP contribution is -2.03. The Kier molecular flexibility index (Phi) is 6.70. The topological polar surface area (TPSA) is 58.6 Å². The van der Waals surface area contributed by atoms with Gasteiger partial charge in [-0.3, -0.25) is 0 Å². The van der Waals surface area contributed by atoms with Crippen LogP contribution in [0, 0.1) is 5.82 Å². The van der Waals surface area contributed by atoms with Crippen molar-refractivity contribution in [3.05, 3.63) is 92.1 Å². The number of anilines is 1. The van der Waals surface area contributed by atoms with Crippen LogP contribution in [0.4, 0.5) is 10.1 Å². The van der Waals surface area contributed by atoms with Gasteiger partial charge < -0.3 is 15.2 Å². The molecule has 0 heterocycles. The molecule has 0 amide bonds. The van der Waals surface area contributed by atoms with Gasteiger partial charge in [0.05, 0.1) is 14.5 Å². The number of ether oxygens (including phenoxy) is 1. The Labute approximate surface area is 178 Å². The van der Waals surface area contributed by atoms with E-state index in [2.05, 4.69) is 37.2 Å². The molecule has 0 saturated carbocycles. The van der Waals surface area contributed by atoms with E-state index < -0.39 is 5.97 Å². The van der Waals surface area contributed by atoms with Crippen LogP contribution in [0.5, 0.6) is 5.75 Å². The van der Waals surface area contributed by atoms with Crippen molar-refractivity contribution in [2.75, 3.05) is 5.32 Å². The Balaban J connectivity index is 1.66. The molecule has 144 valence electrons. The lowest BCUT2D eigenvalue weighted by molar-refractivity contribution is 0.0697. The lowest BCUT2D eigenvalue weighted by Gasteiger charge is -2.13. The van der Waals surface area contributed by atoms with E-state index in [0.29, 0.717) is 18.9 Å². The minimum absolute atomic E-state index is 0.233. The number of carboxylic acid groups (broad SMARTS) is 1. The van der Waals surface area contributed by atoms with Crippen LogP contribution in [0.25, 0.3) is 0 Å². The number of carbonyl (C=O) groups is 1. The van der Waals surface area contributed by atoms with Crippen LogP contribution in [-0.2, 0) is 13.2 Å². The first-order valence-electron chi connectivity index (χ1n) is 8.35. The summed E-state index contributed by atoms with van der Waals surface area (Å²) < 4.78 is 20.4. The Hall–Kier alpha value is -2.38. The fraction of sp³-hybridized carbons (Fsp3) is 0.0952. The highest BCUT2D eigenvalue weighted by atomic mass is 79.9. The lowest BCUT2D eigenvalue weighted by atomic mass is 10.2. The third kappa shape index (κ3) is 5.33. The number of halogens is 3. The fourth-order valence-corrected chi connectivity index (χ4v) is 4.06. The van der Waals surface area contributed by atoms with Gasteiger partial charge in [0.15, 0.2) is 0 Å². The molecule has 3 aromatic rings. The highest BCUT2D eigenvalue weighted by Crippen LogP contribution is 2.35. The minimum atomic E-state index is -0.961. The van der Waals surface area contributed by atoms with Crippen LogP contribution >= 0.6 is 31.9 Å². The van der Waals surface area contributed by atoms with Gasteiger partial charge in [0.1, 0.15) is 18.2 Å². The quantitative estimate of drug-likeness (QED) is 0.396. The van der Waals surface area contributed by atoms with Gasteiger partial charge in [-0.15, -0.1) is 0 Å². The maximum Gasteiger partial charge on any atom is 0.335 e. The summed E-state index contributed by atoms with van der Waals surface area (Å²) >= 11 is 7.04. The van der Waals surface area contributed by atoms with Gasteiger partial charge in [-0.05, 0) is 85.5 Å². The zero-order valence-corrected chi connectivity index (χ0v) is 17.8. The summed E-state index contributed by atoms with van der Waals surface area (Å²) in [5.41, 5.74) is 2.80. The summed E-state index contributed by atoms with van der Waals surface area (Å²) in [6.45, 7) is 0.829. The van der Waals surface area contributed by atoms with Crippen LogP contribution in [0.2, 0.25) is 0 Å². The van der Waals surface area contributed by atoms with E-state index >= 15 is 0 Å². The molecular formula is C21H16Br2FNO3. The average molecular weight is 509 g/mol. The minimum Gasteiger partial charge on any atom is -0.487 e. The average Bonchev–Trinajstić information content (AvgIpc) is 2.67. The van der Waals surface area contributed by atoms with Gasteiger partial charge in [0.2, 0.25) is 0 Å². The van der Waals surface area contributed by atoms with Gasteiger partial charge in [-0.1, -0.05) is 18.2 Å². The third-order valence-corrected chi connectivity index (χ3v) is 5.14. The van der Waals surface area contributed by atoms with Crippen molar-refractivity contribution in [2.24, 2.45) is 0 Å². The first-order valence-corrected chi connectivity index (χ1v) is 9.93. The molecule has 3 rings (SSSR count). The number of hydrogen-bond donors (Lipinski definition) is 2. The molecule has 0 saturated heterocycles. The molecule has 28 heavy (non-hydrogen) atoms. The van der Waals surface area contributed by atoms with Crippen molar-refractivity contribution >= 4 is 43.5 Å². The predicted octanol–water partition coefficient (Wildman–Crippen LogP) is 6.24. The highest BCUT2D eigenvalue weighted by molar-refractivity contribution is 9.11. The molecule has 0 aromatic heterocycles. The van der Waals surface area contributed by atoms with Crippen LogP contribution in [0.3, 0.4) is 0 Å². The number of hydrogen-bond acceptors (Lipinski definition) is 3. The standard InChI is InChI=1S/C21H16Br2FNO3/c22-18-8-14(11-25-17-3-1-2-15(10-17)21(26)27)9-19(23)20(18)28-12-13-4-6-16(24)7-5-13/h1-10,25H,11-12H2,(H,26,27). The molecule has 0 spiro atoms. The zero-order chi connectivity index (χ0) is 20.1. The Bertz CT molecular complexity index is 970. The van der Waals surface area contributed by atoms with Crippen LogP contribution in [0.1, 0.15) is 21.5 Å². The van der Waals surface area contributed by atoms with Crippen LogP contribution in [0.15, 0.2) is 69.6 Å². The maximum absolute atomic E-state index is 13.0. The van der Waals surface area contributed by atoms with E-state index in [1.165, 1.54) is 12.1 Å². The summed E-state index contributed by atoms with van der Waals surface area (Å²) in [4.78, 5) is 11.1. The van der Waals surface area contributed by atoms with Gasteiger partial charge in [0.25, 0.3) is 0 Å². The third-order valence-electron chi connectivity index (χ3n) is 3.96. The summed E-state index contributed by atoms with van der Waals surface area (Å²) in [5, 5.41) is 12.3. The molecule has 7 heteroatoms. The molecule has 0 aliphatic carbocycles. The highest BCUT2D eigenvalue weighted by Gasteiger charge is 2.10. The maximum atomic E-state index is 13.0. The SMILES string of the molecule is O=C(O)c1cccc(NCc2cc(Br)c(OCc3ccc(F)cc3)c(Br)c2)c1. The largest absolute Gasteiger partial charge is 0.487 e. The predicted molar refractivity (Wildman–Crippen MR) is 113 cm³/mol. The molecular weight excluding hydrogens is 493 g/mol. The van der Waals surface area contributed by atoms with E-state index in [4.69, 9.17) is 9.84 Å². The van der Waals surface area contributed by atoms with Crippen molar-refractivity contribution in [3.8, 4) is 5.75 Å². The monoisotopic (exact) mass is 507 g/mol. The molecule has 3 aromatic carbocycles. The summed E-state index contributed by atoms with van der Waals surface area (Å²) in [5.74, 6) is -0.588. The number of aromatic carboxylic acids is 1. The second kappa shape index (κ2) is 9.21. The van der Waals surface area contributed by atoms with Crippen molar-refractivity contribution in [3.63, 3.8) is 0 Å². The molecule has 0 unspecified atom stereocenters. The zero-order valence-electron chi connectivity index (χ0n) is 14.6. The summed E-state index contributed by atoms with van der Waals surface area (Å²) in [6, 6.07) is 16.7. The van der Waals surface area contributed by atoms with Gasteiger partial charge in [0, 0.05) is 12.2 Å². The van der Waals surface area contributed by atoms with Crippen molar-refractivity contribution in [1.29, 1.82) is 0 Å². The molecule has 2 N–H and O–H groups in total. The molecule has 4 nitrogen and oxygen atoms in total. The molecule has 0 atom stereocenters. The van der Waals surface area contributed by atoms with E-state index in [-0.39, 0.29) is 11.4 Å². The molecule has 0 fully saturated rings.